The molecular formula is C13H21N3O3. The number of primary amides is 1. The van der Waals surface area contributed by atoms with Gasteiger partial charge < -0.3 is 25.8 Å². The first-order chi connectivity index (χ1) is 9.11. The summed E-state index contributed by atoms with van der Waals surface area (Å²) >= 11 is 0. The maximum Gasteiger partial charge on any atom is 0.250 e. The highest BCUT2D eigenvalue weighted by molar-refractivity contribution is 6.00. The minimum absolute atomic E-state index is 0.331. The SMILES string of the molecule is COCCN(CCOC)c1cccc(C(N)=O)c1N. The molecule has 0 unspecified atom stereocenters. The van der Waals surface area contributed by atoms with E-state index in [1.54, 1.807) is 26.4 Å². The molecule has 0 heterocycles. The molecule has 1 aromatic rings. The van der Waals surface area contributed by atoms with Gasteiger partial charge in [0.25, 0.3) is 5.91 Å². The summed E-state index contributed by atoms with van der Waals surface area (Å²) in [4.78, 5) is 13.3. The Morgan fingerprint density at radius 3 is 2.26 bits per heavy atom. The van der Waals surface area contributed by atoms with Crippen molar-refractivity contribution in [3.05, 3.63) is 23.8 Å². The van der Waals surface area contributed by atoms with Gasteiger partial charge in [0.1, 0.15) is 0 Å². The quantitative estimate of drug-likeness (QED) is 0.668. The van der Waals surface area contributed by atoms with Gasteiger partial charge in [0.2, 0.25) is 0 Å². The first-order valence-corrected chi connectivity index (χ1v) is 6.03. The molecule has 4 N–H and O–H groups in total. The van der Waals surface area contributed by atoms with Gasteiger partial charge in [0.05, 0.1) is 30.2 Å². The minimum atomic E-state index is -0.530. The highest BCUT2D eigenvalue weighted by Gasteiger charge is 2.14. The van der Waals surface area contributed by atoms with Crippen LogP contribution in [0.2, 0.25) is 0 Å². The van der Waals surface area contributed by atoms with Crippen LogP contribution in [0.25, 0.3) is 0 Å². The lowest BCUT2D eigenvalue weighted by molar-refractivity contribution is 0.100. The molecule has 0 fully saturated rings. The first-order valence-electron chi connectivity index (χ1n) is 6.03. The van der Waals surface area contributed by atoms with E-state index in [-0.39, 0.29) is 0 Å². The van der Waals surface area contributed by atoms with E-state index in [2.05, 4.69) is 0 Å². The zero-order valence-electron chi connectivity index (χ0n) is 11.4. The van der Waals surface area contributed by atoms with E-state index < -0.39 is 5.91 Å². The number of benzene rings is 1. The zero-order valence-corrected chi connectivity index (χ0v) is 11.4. The molecule has 19 heavy (non-hydrogen) atoms. The summed E-state index contributed by atoms with van der Waals surface area (Å²) in [7, 11) is 3.27. The van der Waals surface area contributed by atoms with Gasteiger partial charge in [-0.1, -0.05) is 6.07 Å². The van der Waals surface area contributed by atoms with E-state index in [1.165, 1.54) is 0 Å². The Bertz CT molecular complexity index is 416. The second-order valence-electron chi connectivity index (χ2n) is 4.08. The van der Waals surface area contributed by atoms with Gasteiger partial charge >= 0.3 is 0 Å². The zero-order chi connectivity index (χ0) is 14.3. The summed E-state index contributed by atoms with van der Waals surface area (Å²) < 4.78 is 10.2. The van der Waals surface area contributed by atoms with Gasteiger partial charge in [-0.15, -0.1) is 0 Å². The van der Waals surface area contributed by atoms with Crippen molar-refractivity contribution in [2.75, 3.05) is 51.2 Å². The van der Waals surface area contributed by atoms with Crippen molar-refractivity contribution in [3.8, 4) is 0 Å². The van der Waals surface area contributed by atoms with Crippen LogP contribution < -0.4 is 16.4 Å². The van der Waals surface area contributed by atoms with Crippen molar-refractivity contribution in [2.45, 2.75) is 0 Å². The van der Waals surface area contributed by atoms with Gasteiger partial charge in [0, 0.05) is 27.3 Å². The number of hydrogen-bond donors (Lipinski definition) is 2. The molecule has 106 valence electrons. The van der Waals surface area contributed by atoms with Crippen LogP contribution in [0.15, 0.2) is 18.2 Å². The Kier molecular flexibility index (Phi) is 6.11. The van der Waals surface area contributed by atoms with Crippen LogP contribution in [0.3, 0.4) is 0 Å². The summed E-state index contributed by atoms with van der Waals surface area (Å²) in [6, 6.07) is 5.23. The molecular weight excluding hydrogens is 246 g/mol. The van der Waals surface area contributed by atoms with E-state index in [9.17, 15) is 4.79 Å². The molecule has 1 aromatic carbocycles. The first kappa shape index (κ1) is 15.3. The minimum Gasteiger partial charge on any atom is -0.396 e. The van der Waals surface area contributed by atoms with Crippen molar-refractivity contribution in [3.63, 3.8) is 0 Å². The fraction of sp³-hybridized carbons (Fsp3) is 0.462. The number of ether oxygens (including phenoxy) is 2. The normalized spacial score (nSPS) is 10.4. The smallest absolute Gasteiger partial charge is 0.250 e. The van der Waals surface area contributed by atoms with Crippen LogP contribution in [-0.4, -0.2) is 46.4 Å². The van der Waals surface area contributed by atoms with E-state index in [1.807, 2.05) is 11.0 Å². The largest absolute Gasteiger partial charge is 0.396 e. The number of nitrogens with zero attached hydrogens (tertiary/aromatic N) is 1. The van der Waals surface area contributed by atoms with Crippen molar-refractivity contribution >= 4 is 17.3 Å². The maximum atomic E-state index is 11.3. The highest BCUT2D eigenvalue weighted by Crippen LogP contribution is 2.26. The fourth-order valence-corrected chi connectivity index (χ4v) is 1.80. The molecule has 0 atom stereocenters. The third-order valence-electron chi connectivity index (χ3n) is 2.82. The van der Waals surface area contributed by atoms with E-state index in [0.29, 0.717) is 37.6 Å². The number of para-hydroxylation sites is 1. The van der Waals surface area contributed by atoms with Crippen LogP contribution in [0.1, 0.15) is 10.4 Å². The lowest BCUT2D eigenvalue weighted by Gasteiger charge is -2.26. The molecule has 6 nitrogen and oxygen atoms in total. The number of carbonyl (C=O) groups excluding carboxylic acids is 1. The molecule has 0 aliphatic carbocycles. The summed E-state index contributed by atoms with van der Waals surface area (Å²) in [5, 5.41) is 0. The van der Waals surface area contributed by atoms with Crippen molar-refractivity contribution in [2.24, 2.45) is 5.73 Å². The van der Waals surface area contributed by atoms with Crippen LogP contribution in [0, 0.1) is 0 Å². The lowest BCUT2D eigenvalue weighted by Crippen LogP contribution is -2.31. The predicted molar refractivity (Wildman–Crippen MR) is 75.3 cm³/mol. The van der Waals surface area contributed by atoms with Crippen LogP contribution in [-0.2, 0) is 9.47 Å². The molecule has 6 heteroatoms. The maximum absolute atomic E-state index is 11.3. The molecule has 1 amide bonds. The van der Waals surface area contributed by atoms with Gasteiger partial charge in [-0.3, -0.25) is 4.79 Å². The Balaban J connectivity index is 2.99. The fourth-order valence-electron chi connectivity index (χ4n) is 1.80. The van der Waals surface area contributed by atoms with Gasteiger partial charge in [-0.05, 0) is 12.1 Å². The Morgan fingerprint density at radius 1 is 1.21 bits per heavy atom. The Morgan fingerprint density at radius 2 is 1.79 bits per heavy atom. The number of hydrogen-bond acceptors (Lipinski definition) is 5. The standard InChI is InChI=1S/C13H21N3O3/c1-18-8-6-16(7-9-19-2)11-5-3-4-10(12(11)14)13(15)17/h3-5H,6-9,14H2,1-2H3,(H2,15,17). The van der Waals surface area contributed by atoms with Crippen LogP contribution in [0.4, 0.5) is 11.4 Å². The number of amides is 1. The van der Waals surface area contributed by atoms with Crippen LogP contribution >= 0.6 is 0 Å². The molecule has 0 saturated carbocycles. The number of methoxy groups -OCH3 is 2. The third-order valence-corrected chi connectivity index (χ3v) is 2.82. The molecule has 0 aromatic heterocycles. The monoisotopic (exact) mass is 267 g/mol. The van der Waals surface area contributed by atoms with Crippen molar-refractivity contribution < 1.29 is 14.3 Å². The third kappa shape index (κ3) is 4.11. The van der Waals surface area contributed by atoms with Gasteiger partial charge in [-0.25, -0.2) is 0 Å². The second-order valence-corrected chi connectivity index (χ2v) is 4.08. The molecule has 0 saturated heterocycles. The molecule has 0 aliphatic heterocycles. The van der Waals surface area contributed by atoms with Crippen LogP contribution in [0.5, 0.6) is 0 Å². The molecule has 0 radical (unpaired) electrons. The average molecular weight is 267 g/mol. The number of rotatable bonds is 8. The number of nitrogens with two attached hydrogens (primary N) is 2. The average Bonchev–Trinajstić information content (AvgIpc) is 2.39. The van der Waals surface area contributed by atoms with Gasteiger partial charge in [0.15, 0.2) is 0 Å². The highest BCUT2D eigenvalue weighted by atomic mass is 16.5. The molecule has 1 rings (SSSR count). The molecule has 0 bridgehead atoms. The van der Waals surface area contributed by atoms with Crippen molar-refractivity contribution in [1.29, 1.82) is 0 Å². The van der Waals surface area contributed by atoms with E-state index in [0.717, 1.165) is 5.69 Å². The predicted octanol–water partition coefficient (Wildman–Crippen LogP) is 0.467. The number of carbonyl (C=O) groups is 1. The van der Waals surface area contributed by atoms with E-state index in [4.69, 9.17) is 20.9 Å². The summed E-state index contributed by atoms with van der Waals surface area (Å²) in [6.45, 7) is 2.44. The van der Waals surface area contributed by atoms with E-state index >= 15 is 0 Å². The van der Waals surface area contributed by atoms with Gasteiger partial charge in [-0.2, -0.15) is 0 Å². The second kappa shape index (κ2) is 7.60. The molecule has 0 aliphatic rings. The summed E-state index contributed by atoms with van der Waals surface area (Å²) in [5.41, 5.74) is 12.8. The van der Waals surface area contributed by atoms with Crippen molar-refractivity contribution in [1.82, 2.24) is 0 Å². The summed E-state index contributed by atoms with van der Waals surface area (Å²) in [5.74, 6) is -0.530. The lowest BCUT2D eigenvalue weighted by atomic mass is 10.1. The summed E-state index contributed by atoms with van der Waals surface area (Å²) in [6.07, 6.45) is 0. The molecule has 0 spiro atoms. The Hall–Kier alpha value is -1.79. The number of nitrogen functional groups attached to an aromatic ring is 1. The topological polar surface area (TPSA) is 90.8 Å². The Labute approximate surface area is 113 Å². The number of anilines is 2.